The molecule has 0 radical (unpaired) electrons. The van der Waals surface area contributed by atoms with Crippen LogP contribution in [0.25, 0.3) is 10.6 Å². The fraction of sp³-hybridized carbons (Fsp3) is 0.389. The highest BCUT2D eigenvalue weighted by Gasteiger charge is 2.81. The zero-order chi connectivity index (χ0) is 18.5. The highest BCUT2D eigenvalue weighted by Crippen LogP contribution is 2.68. The van der Waals surface area contributed by atoms with Crippen LogP contribution in [0.1, 0.15) is 18.6 Å². The number of carbonyl (C=O) groups excluding carboxylic acids is 1. The number of furan rings is 1. The molecule has 2 aromatic rings. The summed E-state index contributed by atoms with van der Waals surface area (Å²) in [5, 5.41) is 20.8. The lowest BCUT2D eigenvalue weighted by atomic mass is 9.97. The van der Waals surface area contributed by atoms with E-state index < -0.39 is 22.8 Å². The monoisotopic (exact) mass is 375 g/mol. The van der Waals surface area contributed by atoms with Crippen LogP contribution >= 0.6 is 11.3 Å². The Bertz CT molecular complexity index is 859. The predicted molar refractivity (Wildman–Crippen MR) is 91.7 cm³/mol. The van der Waals surface area contributed by atoms with Crippen LogP contribution in [0.15, 0.2) is 34.1 Å². The van der Waals surface area contributed by atoms with E-state index in [0.717, 1.165) is 10.6 Å². The van der Waals surface area contributed by atoms with Gasteiger partial charge in [-0.3, -0.25) is 14.4 Å². The van der Waals surface area contributed by atoms with Crippen molar-refractivity contribution in [3.05, 3.63) is 35.4 Å². The van der Waals surface area contributed by atoms with Crippen molar-refractivity contribution < 1.29 is 29.0 Å². The normalized spacial score (nSPS) is 26.5. The van der Waals surface area contributed by atoms with Crippen LogP contribution in [-0.2, 0) is 20.8 Å². The van der Waals surface area contributed by atoms with Crippen LogP contribution in [0.4, 0.5) is 0 Å². The number of aryl methyl sites for hydroxylation is 1. The number of likely N-dealkylation sites (tertiary alicyclic amines) is 1. The molecule has 0 spiro atoms. The molecule has 2 fully saturated rings. The SMILES string of the molecule is O=C(CCc1ccc(-c2cccs2)o1)N1C[C@@]2(C(=O)O)C[C@@]2(C(=O)O)C1. The standard InChI is InChI=1S/C18H17NO6S/c20-14(6-4-11-3-5-12(25-11)13-2-1-7-26-13)19-9-17(15(21)22)8-18(17,10-19)16(23)24/h1-3,5,7H,4,6,8-10H2,(H,21,22)(H,23,24)/t17-,18+. The van der Waals surface area contributed by atoms with Gasteiger partial charge in [-0.1, -0.05) is 6.07 Å². The van der Waals surface area contributed by atoms with Gasteiger partial charge in [0.2, 0.25) is 5.91 Å². The minimum atomic E-state index is -1.33. The average Bonchev–Trinajstić information content (AvgIpc) is 3.11. The van der Waals surface area contributed by atoms with Gasteiger partial charge >= 0.3 is 11.9 Å². The number of carboxylic acids is 2. The molecular formula is C18H17NO6S. The summed E-state index contributed by atoms with van der Waals surface area (Å²) in [5.41, 5.74) is -2.66. The largest absolute Gasteiger partial charge is 0.481 e. The molecule has 1 saturated heterocycles. The summed E-state index contributed by atoms with van der Waals surface area (Å²) in [6.07, 6.45) is 0.639. The van der Waals surface area contributed by atoms with Crippen LogP contribution in [0.5, 0.6) is 0 Å². The van der Waals surface area contributed by atoms with E-state index >= 15 is 0 Å². The van der Waals surface area contributed by atoms with Gasteiger partial charge in [-0.05, 0) is 30.0 Å². The minimum Gasteiger partial charge on any atom is -0.481 e. The van der Waals surface area contributed by atoms with Gasteiger partial charge < -0.3 is 19.5 Å². The van der Waals surface area contributed by atoms with Crippen molar-refractivity contribution in [3.8, 4) is 10.6 Å². The number of aliphatic carboxylic acids is 2. The fourth-order valence-corrected chi connectivity index (χ4v) is 4.60. The van der Waals surface area contributed by atoms with E-state index in [2.05, 4.69) is 0 Å². The van der Waals surface area contributed by atoms with Gasteiger partial charge in [0.05, 0.1) is 4.88 Å². The van der Waals surface area contributed by atoms with E-state index in [1.807, 2.05) is 29.6 Å². The summed E-state index contributed by atoms with van der Waals surface area (Å²) in [5.74, 6) is -1.09. The third-order valence-electron chi connectivity index (χ3n) is 5.50. The quantitative estimate of drug-likeness (QED) is 0.802. The zero-order valence-electron chi connectivity index (χ0n) is 13.8. The molecule has 2 N–H and O–H groups in total. The zero-order valence-corrected chi connectivity index (χ0v) is 14.6. The molecular weight excluding hydrogens is 358 g/mol. The number of thiophene rings is 1. The molecule has 0 unspecified atom stereocenters. The molecule has 0 bridgehead atoms. The third kappa shape index (κ3) is 2.36. The number of nitrogens with zero attached hydrogens (tertiary/aromatic N) is 1. The van der Waals surface area contributed by atoms with Gasteiger partial charge in [0.1, 0.15) is 22.4 Å². The molecule has 4 rings (SSSR count). The minimum absolute atomic E-state index is 0.0356. The van der Waals surface area contributed by atoms with Gasteiger partial charge in [0.15, 0.2) is 0 Å². The Labute approximate surface area is 152 Å². The second-order valence-electron chi connectivity index (χ2n) is 6.94. The lowest BCUT2D eigenvalue weighted by Crippen LogP contribution is -2.34. The summed E-state index contributed by atoms with van der Waals surface area (Å²) in [4.78, 5) is 37.9. The van der Waals surface area contributed by atoms with Gasteiger partial charge in [0, 0.05) is 25.9 Å². The number of amides is 1. The molecule has 8 heteroatoms. The Balaban J connectivity index is 1.39. The second kappa shape index (κ2) is 5.70. The van der Waals surface area contributed by atoms with Crippen LogP contribution in [0.2, 0.25) is 0 Å². The Morgan fingerprint density at radius 1 is 1.12 bits per heavy atom. The number of piperidine rings is 1. The van der Waals surface area contributed by atoms with Crippen molar-refractivity contribution in [3.63, 3.8) is 0 Å². The Kier molecular flexibility index (Phi) is 3.69. The molecule has 1 aliphatic carbocycles. The molecule has 136 valence electrons. The number of fused-ring (bicyclic) bond motifs is 1. The van der Waals surface area contributed by atoms with Crippen molar-refractivity contribution in [2.24, 2.45) is 10.8 Å². The fourth-order valence-electron chi connectivity index (χ4n) is 3.92. The maximum atomic E-state index is 12.5. The first kappa shape index (κ1) is 16.8. The van der Waals surface area contributed by atoms with Gasteiger partial charge in [-0.25, -0.2) is 0 Å². The Hall–Kier alpha value is -2.61. The Morgan fingerprint density at radius 2 is 1.81 bits per heavy atom. The summed E-state index contributed by atoms with van der Waals surface area (Å²) in [6.45, 7) is -0.0713. The molecule has 2 atom stereocenters. The van der Waals surface area contributed by atoms with Gasteiger partial charge in [0.25, 0.3) is 0 Å². The molecule has 26 heavy (non-hydrogen) atoms. The maximum absolute atomic E-state index is 12.5. The molecule has 1 aliphatic heterocycles. The molecule has 3 heterocycles. The number of carboxylic acid groups (broad SMARTS) is 2. The highest BCUT2D eigenvalue weighted by atomic mass is 32.1. The van der Waals surface area contributed by atoms with E-state index in [-0.39, 0.29) is 31.8 Å². The lowest BCUT2D eigenvalue weighted by Gasteiger charge is -2.19. The van der Waals surface area contributed by atoms with Crippen LogP contribution in [0, 0.1) is 10.8 Å². The number of rotatable bonds is 6. The van der Waals surface area contributed by atoms with E-state index in [1.54, 1.807) is 11.3 Å². The van der Waals surface area contributed by atoms with Crippen molar-refractivity contribution in [1.29, 1.82) is 0 Å². The molecule has 1 saturated carbocycles. The second-order valence-corrected chi connectivity index (χ2v) is 7.89. The smallest absolute Gasteiger partial charge is 0.312 e. The van der Waals surface area contributed by atoms with Crippen molar-refractivity contribution >= 4 is 29.2 Å². The summed E-state index contributed by atoms with van der Waals surface area (Å²) in [6, 6.07) is 7.56. The van der Waals surface area contributed by atoms with Crippen LogP contribution in [0.3, 0.4) is 0 Å². The lowest BCUT2D eigenvalue weighted by molar-refractivity contribution is -0.151. The maximum Gasteiger partial charge on any atom is 0.312 e. The van der Waals surface area contributed by atoms with Crippen molar-refractivity contribution in [2.45, 2.75) is 19.3 Å². The first-order valence-electron chi connectivity index (χ1n) is 8.25. The summed E-state index contributed by atoms with van der Waals surface area (Å²) in [7, 11) is 0. The first-order chi connectivity index (χ1) is 12.4. The average molecular weight is 375 g/mol. The number of carbonyl (C=O) groups is 3. The van der Waals surface area contributed by atoms with E-state index in [9.17, 15) is 24.6 Å². The van der Waals surface area contributed by atoms with E-state index in [0.29, 0.717) is 12.2 Å². The van der Waals surface area contributed by atoms with Crippen LogP contribution < -0.4 is 0 Å². The van der Waals surface area contributed by atoms with E-state index in [1.165, 1.54) is 4.90 Å². The number of hydrogen-bond acceptors (Lipinski definition) is 5. The van der Waals surface area contributed by atoms with E-state index in [4.69, 9.17) is 4.42 Å². The molecule has 2 aliphatic rings. The van der Waals surface area contributed by atoms with Crippen LogP contribution in [-0.4, -0.2) is 46.0 Å². The molecule has 0 aromatic carbocycles. The van der Waals surface area contributed by atoms with Gasteiger partial charge in [-0.2, -0.15) is 0 Å². The van der Waals surface area contributed by atoms with Gasteiger partial charge in [-0.15, -0.1) is 11.3 Å². The third-order valence-corrected chi connectivity index (χ3v) is 6.38. The molecule has 1 amide bonds. The summed E-state index contributed by atoms with van der Waals surface area (Å²) >= 11 is 1.56. The molecule has 7 nitrogen and oxygen atoms in total. The molecule has 2 aromatic heterocycles. The highest BCUT2D eigenvalue weighted by molar-refractivity contribution is 7.13. The van der Waals surface area contributed by atoms with Crippen molar-refractivity contribution in [2.75, 3.05) is 13.1 Å². The summed E-state index contributed by atoms with van der Waals surface area (Å²) < 4.78 is 5.74. The van der Waals surface area contributed by atoms with Crippen molar-refractivity contribution in [1.82, 2.24) is 4.90 Å². The first-order valence-corrected chi connectivity index (χ1v) is 9.13. The number of hydrogen-bond donors (Lipinski definition) is 2. The predicted octanol–water partition coefficient (Wildman–Crippen LogP) is 2.33. The Morgan fingerprint density at radius 3 is 2.38 bits per heavy atom. The topological polar surface area (TPSA) is 108 Å².